The molecule has 5 amide bonds. The summed E-state index contributed by atoms with van der Waals surface area (Å²) in [4.78, 5) is 84.9. The number of fused-ring (bicyclic) bond motifs is 2. The molecule has 1 saturated carbocycles. The van der Waals surface area contributed by atoms with E-state index in [-0.39, 0.29) is 53.8 Å². The number of aryl methyl sites for hydroxylation is 4. The Hall–Kier alpha value is -6.58. The fourth-order valence-corrected chi connectivity index (χ4v) is 9.90. The molecule has 1 saturated heterocycles. The third-order valence-electron chi connectivity index (χ3n) is 11.9. The van der Waals surface area contributed by atoms with E-state index < -0.39 is 17.7 Å². The zero-order valence-corrected chi connectivity index (χ0v) is 39.9. The van der Waals surface area contributed by atoms with Crippen molar-refractivity contribution >= 4 is 86.6 Å². The van der Waals surface area contributed by atoms with E-state index in [0.717, 1.165) is 42.4 Å². The number of benzene rings is 2. The maximum atomic E-state index is 13.9. The van der Waals surface area contributed by atoms with Gasteiger partial charge in [0.05, 0.1) is 39.6 Å². The first kappa shape index (κ1) is 46.9. The zero-order valence-electron chi connectivity index (χ0n) is 38.3. The van der Waals surface area contributed by atoms with Crippen molar-refractivity contribution < 1.29 is 28.7 Å². The second-order valence-corrected chi connectivity index (χ2v) is 18.6. The average molecular weight is 950 g/mol. The lowest BCUT2D eigenvalue weighted by Gasteiger charge is -2.34. The highest BCUT2D eigenvalue weighted by Gasteiger charge is 2.34. The summed E-state index contributed by atoms with van der Waals surface area (Å²) in [5, 5.41) is 11.2. The van der Waals surface area contributed by atoms with Gasteiger partial charge in [-0.3, -0.25) is 44.2 Å². The van der Waals surface area contributed by atoms with Gasteiger partial charge in [0.2, 0.25) is 29.6 Å². The van der Waals surface area contributed by atoms with Gasteiger partial charge in [-0.15, -0.1) is 23.1 Å². The van der Waals surface area contributed by atoms with Crippen molar-refractivity contribution in [2.24, 2.45) is 17.4 Å². The number of nitrogens with zero attached hydrogens (tertiary/aromatic N) is 9. The summed E-state index contributed by atoms with van der Waals surface area (Å²) in [6.45, 7) is 12.5. The molecule has 5 heterocycles. The SMILES string of the molecule is CCc1nc(C)sc1C(=O)Nc1nc2cc(C(N)=O)cc(OCCCN3CCN(C(=O)C4CC4)CC3)c2n1C/C=C/Cn1c(NC(=O)c2cc(C)nn2CC)nc2cc(C(N)=O)cc(SC)c21. The molecule has 0 unspecified atom stereocenters. The Balaban J connectivity index is 1.10. The Labute approximate surface area is 395 Å². The van der Waals surface area contributed by atoms with Gasteiger partial charge >= 0.3 is 0 Å². The van der Waals surface area contributed by atoms with Crippen LogP contribution in [0.5, 0.6) is 5.75 Å². The van der Waals surface area contributed by atoms with Crippen LogP contribution < -0.4 is 26.8 Å². The van der Waals surface area contributed by atoms with Gasteiger partial charge in [-0.25, -0.2) is 15.0 Å². The summed E-state index contributed by atoms with van der Waals surface area (Å²) >= 11 is 2.71. The Morgan fingerprint density at radius 1 is 0.836 bits per heavy atom. The Morgan fingerprint density at radius 3 is 2.07 bits per heavy atom. The molecular weight excluding hydrogens is 895 g/mol. The van der Waals surface area contributed by atoms with E-state index in [9.17, 15) is 24.0 Å². The molecular formula is C46H55N13O6S2. The van der Waals surface area contributed by atoms with Gasteiger partial charge in [0, 0.05) is 74.3 Å². The van der Waals surface area contributed by atoms with Crippen LogP contribution >= 0.6 is 23.1 Å². The normalized spacial score (nSPS) is 14.4. The first-order chi connectivity index (χ1) is 32.3. The first-order valence-corrected chi connectivity index (χ1v) is 24.4. The lowest BCUT2D eigenvalue weighted by atomic mass is 10.1. The largest absolute Gasteiger partial charge is 0.491 e. The number of rotatable bonds is 19. The second-order valence-electron chi connectivity index (χ2n) is 16.6. The van der Waals surface area contributed by atoms with Crippen molar-refractivity contribution in [3.05, 3.63) is 80.6 Å². The molecule has 2 fully saturated rings. The number of carbonyl (C=O) groups excluding carboxylic acids is 5. The van der Waals surface area contributed by atoms with Crippen LogP contribution in [0.25, 0.3) is 22.1 Å². The fraction of sp³-hybridized carbons (Fsp3) is 0.413. The molecule has 1 aliphatic heterocycles. The molecule has 0 atom stereocenters. The highest BCUT2D eigenvalue weighted by molar-refractivity contribution is 7.98. The molecule has 21 heteroatoms. The highest BCUT2D eigenvalue weighted by atomic mass is 32.2. The third kappa shape index (κ3) is 10.2. The molecule has 352 valence electrons. The molecule has 67 heavy (non-hydrogen) atoms. The summed E-state index contributed by atoms with van der Waals surface area (Å²) in [6.07, 6.45) is 8.91. The predicted molar refractivity (Wildman–Crippen MR) is 258 cm³/mol. The summed E-state index contributed by atoms with van der Waals surface area (Å²) in [6, 6.07) is 8.21. The van der Waals surface area contributed by atoms with E-state index in [1.807, 2.05) is 60.1 Å². The van der Waals surface area contributed by atoms with E-state index >= 15 is 0 Å². The molecule has 6 aromatic rings. The number of thiazole rings is 1. The van der Waals surface area contributed by atoms with Gasteiger partial charge in [0.25, 0.3) is 11.8 Å². The summed E-state index contributed by atoms with van der Waals surface area (Å²) in [7, 11) is 0. The number of ether oxygens (including phenoxy) is 1. The number of imidazole rings is 2. The third-order valence-corrected chi connectivity index (χ3v) is 13.6. The minimum absolute atomic E-state index is 0.190. The Bertz CT molecular complexity index is 2920. The zero-order chi connectivity index (χ0) is 47.5. The number of nitrogens with two attached hydrogens (primary N) is 2. The molecule has 2 aromatic carbocycles. The molecule has 8 rings (SSSR count). The number of piperazine rings is 1. The van der Waals surface area contributed by atoms with Crippen LogP contribution in [0.1, 0.15) is 90.4 Å². The van der Waals surface area contributed by atoms with E-state index in [1.54, 1.807) is 35.0 Å². The first-order valence-electron chi connectivity index (χ1n) is 22.4. The molecule has 0 radical (unpaired) electrons. The van der Waals surface area contributed by atoms with Crippen LogP contribution in [0.3, 0.4) is 0 Å². The number of primary amides is 2. The molecule has 2 aliphatic rings. The molecule has 0 spiro atoms. The second kappa shape index (κ2) is 20.1. The predicted octanol–water partition coefficient (Wildman–Crippen LogP) is 5.24. The van der Waals surface area contributed by atoms with Gasteiger partial charge in [-0.1, -0.05) is 19.1 Å². The van der Waals surface area contributed by atoms with Gasteiger partial charge in [0.1, 0.15) is 21.8 Å². The summed E-state index contributed by atoms with van der Waals surface area (Å²) < 4.78 is 11.7. The quantitative estimate of drug-likeness (QED) is 0.0463. The van der Waals surface area contributed by atoms with E-state index in [0.29, 0.717) is 88.9 Å². The van der Waals surface area contributed by atoms with Crippen LogP contribution in [-0.2, 0) is 30.8 Å². The van der Waals surface area contributed by atoms with Gasteiger partial charge < -0.3 is 30.2 Å². The van der Waals surface area contributed by atoms with Crippen LogP contribution in [0.15, 0.2) is 47.4 Å². The van der Waals surface area contributed by atoms with Crippen LogP contribution in [0.4, 0.5) is 11.9 Å². The minimum atomic E-state index is -0.657. The van der Waals surface area contributed by atoms with E-state index in [1.165, 1.54) is 23.1 Å². The van der Waals surface area contributed by atoms with Crippen molar-refractivity contribution in [2.75, 3.05) is 56.2 Å². The van der Waals surface area contributed by atoms with Crippen LogP contribution in [0, 0.1) is 19.8 Å². The summed E-state index contributed by atoms with van der Waals surface area (Å²) in [5.41, 5.74) is 15.9. The number of amides is 5. The maximum Gasteiger partial charge on any atom is 0.276 e. The minimum Gasteiger partial charge on any atom is -0.491 e. The Morgan fingerprint density at radius 2 is 1.46 bits per heavy atom. The molecule has 4 aromatic heterocycles. The molecule has 6 N–H and O–H groups in total. The smallest absolute Gasteiger partial charge is 0.276 e. The average Bonchev–Trinajstić information content (AvgIpc) is 3.66. The number of hydrogen-bond donors (Lipinski definition) is 4. The van der Waals surface area contributed by atoms with Crippen molar-refractivity contribution in [1.29, 1.82) is 0 Å². The lowest BCUT2D eigenvalue weighted by Crippen LogP contribution is -2.49. The van der Waals surface area contributed by atoms with Crippen molar-refractivity contribution in [3.63, 3.8) is 0 Å². The number of anilines is 2. The number of carbonyl (C=O) groups is 5. The number of hydrogen-bond acceptors (Lipinski definition) is 13. The van der Waals surface area contributed by atoms with Crippen molar-refractivity contribution in [3.8, 4) is 5.75 Å². The standard InChI is InChI=1S/C46H55N13O6S2/c1-6-31-39(67-27(4)49-31)43(63)53-46-50-32-22-29(40(47)60)24-35(65-20-10-13-55-16-18-56(19-17-55)44(64)28-11-12-28)37(32)57(46)14-8-9-15-58-38-33(23-30(41(48)61)25-36(38)66-5)51-45(58)52-42(62)34-21-26(3)54-59(34)7-2/h8-9,21-25,28H,6-7,10-20H2,1-5H3,(H2,47,60)(H2,48,61)(H,50,53,63)(H,51,52,62)/b9-8+. The van der Waals surface area contributed by atoms with E-state index in [2.05, 4.69) is 25.6 Å². The number of allylic oxidation sites excluding steroid dienone is 2. The topological polar surface area (TPSA) is 244 Å². The molecule has 19 nitrogen and oxygen atoms in total. The number of aromatic nitrogens is 7. The number of nitrogens with one attached hydrogen (secondary N) is 2. The van der Waals surface area contributed by atoms with Crippen molar-refractivity contribution in [1.82, 2.24) is 43.7 Å². The van der Waals surface area contributed by atoms with Gasteiger partial charge in [-0.05, 0) is 83.0 Å². The Kier molecular flexibility index (Phi) is 14.1. The highest BCUT2D eigenvalue weighted by Crippen LogP contribution is 2.34. The fourth-order valence-electron chi connectivity index (χ4n) is 8.35. The van der Waals surface area contributed by atoms with Gasteiger partial charge in [-0.2, -0.15) is 5.10 Å². The summed E-state index contributed by atoms with van der Waals surface area (Å²) in [5.74, 6) is -0.708. The van der Waals surface area contributed by atoms with Gasteiger partial charge in [0.15, 0.2) is 0 Å². The van der Waals surface area contributed by atoms with Crippen molar-refractivity contribution in [2.45, 2.75) is 77.9 Å². The molecule has 0 bridgehead atoms. The lowest BCUT2D eigenvalue weighted by molar-refractivity contribution is -0.134. The van der Waals surface area contributed by atoms with E-state index in [4.69, 9.17) is 26.2 Å². The van der Waals surface area contributed by atoms with Crippen LogP contribution in [0.2, 0.25) is 0 Å². The number of thioether (sulfide) groups is 1. The van der Waals surface area contributed by atoms with Crippen LogP contribution in [-0.4, -0.2) is 119 Å². The molecule has 1 aliphatic carbocycles. The monoisotopic (exact) mass is 949 g/mol. The maximum absolute atomic E-state index is 13.9.